The van der Waals surface area contributed by atoms with E-state index in [2.05, 4.69) is 67.9 Å². The summed E-state index contributed by atoms with van der Waals surface area (Å²) in [6.45, 7) is 9.73. The monoisotopic (exact) mass is 218 g/mol. The molecule has 0 saturated heterocycles. The Kier molecular flexibility index (Phi) is 3.09. The fraction of sp³-hybridized carbons (Fsp3) is 0. The van der Waals surface area contributed by atoms with E-state index in [1.807, 2.05) is 6.07 Å². The molecule has 2 aromatic rings. The molecule has 82 valence electrons. The second-order valence-corrected chi connectivity index (χ2v) is 3.68. The van der Waals surface area contributed by atoms with Crippen molar-refractivity contribution in [3.05, 3.63) is 78.2 Å². The zero-order chi connectivity index (χ0) is 12.3. The lowest BCUT2D eigenvalue weighted by atomic mass is 10.1. The summed E-state index contributed by atoms with van der Waals surface area (Å²) < 4.78 is 0. The van der Waals surface area contributed by atoms with Crippen molar-refractivity contribution in [2.24, 2.45) is 0 Å². The van der Waals surface area contributed by atoms with Gasteiger partial charge in [0, 0.05) is 5.22 Å². The second kappa shape index (κ2) is 4.69. The second-order valence-electron chi connectivity index (χ2n) is 3.68. The van der Waals surface area contributed by atoms with E-state index < -0.39 is 0 Å². The van der Waals surface area contributed by atoms with E-state index in [0.717, 1.165) is 5.22 Å². The van der Waals surface area contributed by atoms with Gasteiger partial charge in [0.15, 0.2) is 0 Å². The molecule has 0 atom stereocenters. The zero-order valence-electron chi connectivity index (χ0n) is 9.74. The highest BCUT2D eigenvalue weighted by molar-refractivity contribution is 5.82. The van der Waals surface area contributed by atoms with Crippen LogP contribution < -0.4 is 10.4 Å². The Hall–Kier alpha value is -2.30. The van der Waals surface area contributed by atoms with Crippen LogP contribution in [0.15, 0.2) is 62.2 Å². The van der Waals surface area contributed by atoms with Gasteiger partial charge in [0.05, 0.1) is 0 Å². The van der Waals surface area contributed by atoms with Crippen LogP contribution in [-0.2, 0) is 0 Å². The van der Waals surface area contributed by atoms with Crippen molar-refractivity contribution in [3.8, 4) is 11.1 Å². The van der Waals surface area contributed by atoms with Gasteiger partial charge in [-0.25, -0.2) is 0 Å². The first-order valence-electron chi connectivity index (χ1n) is 5.50. The molecule has 2 aromatic carbocycles. The molecule has 1 aliphatic rings. The fourth-order valence-electron chi connectivity index (χ4n) is 2.13. The summed E-state index contributed by atoms with van der Waals surface area (Å²) in [6.07, 6.45) is 2.21. The number of benzene rings is 2. The molecule has 0 aromatic heterocycles. The SMILES string of the molecule is C=C.C=C=c1cccc2c1=Cc1ccccc1-2. The number of hydrogen-bond acceptors (Lipinski definition) is 0. The predicted octanol–water partition coefficient (Wildman–Crippen LogP) is 2.86. The Balaban J connectivity index is 0.000000514. The van der Waals surface area contributed by atoms with E-state index in [1.165, 1.54) is 21.9 Å². The van der Waals surface area contributed by atoms with Gasteiger partial charge in [-0.1, -0.05) is 43.0 Å². The van der Waals surface area contributed by atoms with Gasteiger partial charge in [0.25, 0.3) is 0 Å². The molecule has 0 nitrogen and oxygen atoms in total. The van der Waals surface area contributed by atoms with Crippen molar-refractivity contribution < 1.29 is 0 Å². The van der Waals surface area contributed by atoms with Gasteiger partial charge in [0.1, 0.15) is 0 Å². The van der Waals surface area contributed by atoms with Crippen LogP contribution in [0.5, 0.6) is 0 Å². The third-order valence-corrected chi connectivity index (χ3v) is 2.85. The van der Waals surface area contributed by atoms with Crippen LogP contribution in [0, 0.1) is 0 Å². The molecule has 0 aliphatic heterocycles. The standard InChI is InChI=1S/C15H10.C2H4/c1-2-11-7-5-9-14-13-8-4-3-6-12(13)10-15(11)14;1-2/h3-10H,1H2;1-2H2. The average molecular weight is 218 g/mol. The van der Waals surface area contributed by atoms with Gasteiger partial charge in [-0.3, -0.25) is 0 Å². The van der Waals surface area contributed by atoms with Crippen LogP contribution in [0.25, 0.3) is 22.9 Å². The van der Waals surface area contributed by atoms with Crippen molar-refractivity contribution >= 4 is 11.8 Å². The minimum absolute atomic E-state index is 1.09. The summed E-state index contributed by atoms with van der Waals surface area (Å²) in [5.74, 6) is 0. The quantitative estimate of drug-likeness (QED) is 0.509. The van der Waals surface area contributed by atoms with E-state index in [-0.39, 0.29) is 0 Å². The van der Waals surface area contributed by atoms with Crippen LogP contribution in [0.2, 0.25) is 0 Å². The summed E-state index contributed by atoms with van der Waals surface area (Å²) in [6, 6.07) is 14.7. The van der Waals surface area contributed by atoms with Crippen molar-refractivity contribution in [3.63, 3.8) is 0 Å². The highest BCUT2D eigenvalue weighted by Gasteiger charge is 2.10. The Bertz CT molecular complexity index is 686. The minimum Gasteiger partial charge on any atom is -0.120 e. The summed E-state index contributed by atoms with van der Waals surface area (Å²) in [7, 11) is 0. The average Bonchev–Trinajstić information content (AvgIpc) is 2.79. The van der Waals surface area contributed by atoms with Gasteiger partial charge >= 0.3 is 0 Å². The largest absolute Gasteiger partial charge is 0.120 e. The van der Waals surface area contributed by atoms with Crippen molar-refractivity contribution in [2.75, 3.05) is 0 Å². The van der Waals surface area contributed by atoms with Crippen molar-refractivity contribution in [1.29, 1.82) is 0 Å². The lowest BCUT2D eigenvalue weighted by molar-refractivity contribution is 1.54. The fourth-order valence-corrected chi connectivity index (χ4v) is 2.13. The lowest BCUT2D eigenvalue weighted by Crippen LogP contribution is -2.22. The van der Waals surface area contributed by atoms with E-state index >= 15 is 0 Å². The highest BCUT2D eigenvalue weighted by Crippen LogP contribution is 2.24. The van der Waals surface area contributed by atoms with Crippen LogP contribution in [-0.4, -0.2) is 0 Å². The van der Waals surface area contributed by atoms with E-state index in [1.54, 1.807) is 0 Å². The van der Waals surface area contributed by atoms with Crippen molar-refractivity contribution in [1.82, 2.24) is 0 Å². The maximum absolute atomic E-state index is 3.73. The van der Waals surface area contributed by atoms with Crippen LogP contribution in [0.3, 0.4) is 0 Å². The third kappa shape index (κ3) is 1.75. The zero-order valence-corrected chi connectivity index (χ0v) is 9.74. The van der Waals surface area contributed by atoms with Gasteiger partial charge in [0.2, 0.25) is 0 Å². The molecule has 0 bridgehead atoms. The van der Waals surface area contributed by atoms with Gasteiger partial charge < -0.3 is 0 Å². The van der Waals surface area contributed by atoms with Gasteiger partial charge in [-0.05, 0) is 34.1 Å². The predicted molar refractivity (Wildman–Crippen MR) is 75.0 cm³/mol. The molecule has 0 heteroatoms. The first-order valence-corrected chi connectivity index (χ1v) is 5.50. The Labute approximate surface area is 102 Å². The van der Waals surface area contributed by atoms with Crippen LogP contribution in [0.1, 0.15) is 5.56 Å². The lowest BCUT2D eigenvalue weighted by Gasteiger charge is -1.98. The van der Waals surface area contributed by atoms with Gasteiger partial charge in [-0.2, -0.15) is 0 Å². The maximum atomic E-state index is 3.73. The molecule has 1 aliphatic carbocycles. The van der Waals surface area contributed by atoms with E-state index in [0.29, 0.717) is 0 Å². The van der Waals surface area contributed by atoms with Crippen LogP contribution in [0.4, 0.5) is 0 Å². The molecule has 0 spiro atoms. The number of hydrogen-bond donors (Lipinski definition) is 0. The minimum atomic E-state index is 1.09. The molecule has 0 heterocycles. The molecule has 17 heavy (non-hydrogen) atoms. The molecule has 0 saturated carbocycles. The molecule has 0 radical (unpaired) electrons. The summed E-state index contributed by atoms with van der Waals surface area (Å²) in [5, 5.41) is 2.33. The number of fused-ring (bicyclic) bond motifs is 3. The molecule has 0 N–H and O–H groups in total. The Morgan fingerprint density at radius 3 is 2.29 bits per heavy atom. The normalized spacial score (nSPS) is 10.1. The molecular formula is C17H14. The third-order valence-electron chi connectivity index (χ3n) is 2.85. The smallest absolute Gasteiger partial charge is 0.0237 e. The summed E-state index contributed by atoms with van der Waals surface area (Å²) in [5.41, 5.74) is 6.87. The molecule has 0 amide bonds. The Morgan fingerprint density at radius 1 is 0.824 bits per heavy atom. The topological polar surface area (TPSA) is 0 Å². The summed E-state index contributed by atoms with van der Waals surface area (Å²) in [4.78, 5) is 0. The maximum Gasteiger partial charge on any atom is 0.0237 e. The summed E-state index contributed by atoms with van der Waals surface area (Å²) >= 11 is 0. The first-order chi connectivity index (χ1) is 8.40. The Morgan fingerprint density at radius 2 is 1.53 bits per heavy atom. The van der Waals surface area contributed by atoms with E-state index in [9.17, 15) is 0 Å². The van der Waals surface area contributed by atoms with Crippen molar-refractivity contribution in [2.45, 2.75) is 0 Å². The molecule has 3 rings (SSSR count). The van der Waals surface area contributed by atoms with Crippen LogP contribution >= 0.6 is 0 Å². The molecular weight excluding hydrogens is 204 g/mol. The molecule has 0 unspecified atom stereocenters. The number of rotatable bonds is 0. The van der Waals surface area contributed by atoms with Gasteiger partial charge in [-0.15, -0.1) is 18.9 Å². The first kappa shape index (κ1) is 11.2. The van der Waals surface area contributed by atoms with E-state index in [4.69, 9.17) is 0 Å². The molecule has 0 fully saturated rings. The highest BCUT2D eigenvalue weighted by atomic mass is 14.1.